The molecule has 0 saturated carbocycles. The van der Waals surface area contributed by atoms with E-state index in [1.807, 2.05) is 36.4 Å². The molecule has 0 saturated heterocycles. The zero-order chi connectivity index (χ0) is 23.3. The molecule has 0 spiro atoms. The van der Waals surface area contributed by atoms with Crippen LogP contribution in [0.5, 0.6) is 11.5 Å². The fourth-order valence-electron chi connectivity index (χ4n) is 4.82. The van der Waals surface area contributed by atoms with E-state index in [9.17, 15) is 10.2 Å². The number of ether oxygens (including phenoxy) is 2. The molecule has 2 N–H and O–H groups in total. The fraction of sp³-hybridized carbons (Fsp3) is 0.357. The molecule has 3 aromatic rings. The van der Waals surface area contributed by atoms with Gasteiger partial charge in [0.25, 0.3) is 0 Å². The molecule has 34 heavy (non-hydrogen) atoms. The number of aliphatic hydroxyl groups excluding tert-OH is 2. The average Bonchev–Trinajstić information content (AvgIpc) is 3.46. The second-order valence-electron chi connectivity index (χ2n) is 9.05. The molecule has 0 bridgehead atoms. The number of rotatable bonds is 10. The number of para-hydroxylation sites is 2. The molecule has 0 fully saturated rings. The van der Waals surface area contributed by atoms with Crippen molar-refractivity contribution < 1.29 is 19.7 Å². The number of anilines is 2. The molecule has 2 aliphatic heterocycles. The van der Waals surface area contributed by atoms with Crippen LogP contribution in [-0.2, 0) is 12.8 Å². The van der Waals surface area contributed by atoms with Crippen molar-refractivity contribution in [3.8, 4) is 11.5 Å². The van der Waals surface area contributed by atoms with E-state index < -0.39 is 12.2 Å². The first-order valence-corrected chi connectivity index (χ1v) is 12.0. The Morgan fingerprint density at radius 3 is 1.47 bits per heavy atom. The van der Waals surface area contributed by atoms with Crippen LogP contribution in [0.4, 0.5) is 11.4 Å². The number of β-amino-alcohol motifs (C(OH)–C–C–N with tert-alkyl or cyclic N) is 2. The standard InChI is InChI=1S/C28H32N2O4/c31-23(17-29-15-13-21-5-1-3-7-27(21)29)19-33-25-9-11-26(12-10-25)34-20-24(32)18-30-16-14-22-6-2-4-8-28(22)30/h1-12,23-24,31-32H,13-20H2. The summed E-state index contributed by atoms with van der Waals surface area (Å²) >= 11 is 0. The normalized spacial score (nSPS) is 16.2. The van der Waals surface area contributed by atoms with E-state index in [1.54, 1.807) is 0 Å². The van der Waals surface area contributed by atoms with Crippen molar-refractivity contribution in [2.45, 2.75) is 25.0 Å². The monoisotopic (exact) mass is 460 g/mol. The Labute approximate surface area is 201 Å². The molecule has 3 aromatic carbocycles. The first-order valence-electron chi connectivity index (χ1n) is 12.0. The van der Waals surface area contributed by atoms with Gasteiger partial charge in [0.15, 0.2) is 0 Å². The quantitative estimate of drug-likeness (QED) is 0.484. The summed E-state index contributed by atoms with van der Waals surface area (Å²) in [6.45, 7) is 3.43. The first kappa shape index (κ1) is 22.6. The summed E-state index contributed by atoms with van der Waals surface area (Å²) in [4.78, 5) is 4.43. The van der Waals surface area contributed by atoms with E-state index in [-0.39, 0.29) is 13.2 Å². The van der Waals surface area contributed by atoms with Crippen LogP contribution in [0, 0.1) is 0 Å². The first-order chi connectivity index (χ1) is 16.7. The lowest BCUT2D eigenvalue weighted by molar-refractivity contribution is 0.110. The lowest BCUT2D eigenvalue weighted by atomic mass is 10.2. The van der Waals surface area contributed by atoms with Crippen molar-refractivity contribution in [3.63, 3.8) is 0 Å². The fourth-order valence-corrected chi connectivity index (χ4v) is 4.82. The lowest BCUT2D eigenvalue weighted by Gasteiger charge is -2.23. The summed E-state index contributed by atoms with van der Waals surface area (Å²) in [6, 6.07) is 24.0. The number of nitrogens with zero attached hydrogens (tertiary/aromatic N) is 2. The van der Waals surface area contributed by atoms with Gasteiger partial charge in [-0.25, -0.2) is 0 Å². The highest BCUT2D eigenvalue weighted by atomic mass is 16.5. The predicted molar refractivity (Wildman–Crippen MR) is 134 cm³/mol. The van der Waals surface area contributed by atoms with Crippen LogP contribution in [0.3, 0.4) is 0 Å². The van der Waals surface area contributed by atoms with Crippen molar-refractivity contribution >= 4 is 11.4 Å². The molecule has 5 rings (SSSR count). The van der Waals surface area contributed by atoms with E-state index in [1.165, 1.54) is 22.5 Å². The zero-order valence-electron chi connectivity index (χ0n) is 19.3. The van der Waals surface area contributed by atoms with Crippen molar-refractivity contribution in [3.05, 3.63) is 83.9 Å². The summed E-state index contributed by atoms with van der Waals surface area (Å²) in [6.07, 6.45) is 0.886. The SMILES string of the molecule is OC(COc1ccc(OCC(O)CN2CCc3ccccc32)cc1)CN1CCc2ccccc21. The second-order valence-corrected chi connectivity index (χ2v) is 9.05. The lowest BCUT2D eigenvalue weighted by Crippen LogP contribution is -2.34. The van der Waals surface area contributed by atoms with Crippen LogP contribution < -0.4 is 19.3 Å². The van der Waals surface area contributed by atoms with Crippen molar-refractivity contribution in [1.29, 1.82) is 0 Å². The van der Waals surface area contributed by atoms with Gasteiger partial charge in [-0.1, -0.05) is 36.4 Å². The van der Waals surface area contributed by atoms with Gasteiger partial charge in [-0.2, -0.15) is 0 Å². The van der Waals surface area contributed by atoms with Gasteiger partial charge in [0, 0.05) is 37.6 Å². The maximum Gasteiger partial charge on any atom is 0.119 e. The summed E-state index contributed by atoms with van der Waals surface area (Å²) in [5.74, 6) is 1.37. The number of hydrogen-bond acceptors (Lipinski definition) is 6. The molecule has 6 heteroatoms. The molecule has 2 heterocycles. The van der Waals surface area contributed by atoms with Gasteiger partial charge in [0.05, 0.1) is 0 Å². The molecular formula is C28H32N2O4. The molecule has 6 nitrogen and oxygen atoms in total. The van der Waals surface area contributed by atoms with Crippen LogP contribution in [0.15, 0.2) is 72.8 Å². The van der Waals surface area contributed by atoms with Gasteiger partial charge < -0.3 is 29.5 Å². The van der Waals surface area contributed by atoms with E-state index >= 15 is 0 Å². The maximum absolute atomic E-state index is 10.5. The summed E-state index contributed by atoms with van der Waals surface area (Å²) in [7, 11) is 0. The highest BCUT2D eigenvalue weighted by Crippen LogP contribution is 2.28. The third-order valence-corrected chi connectivity index (χ3v) is 6.54. The Balaban J connectivity index is 1.04. The molecule has 0 radical (unpaired) electrons. The zero-order valence-corrected chi connectivity index (χ0v) is 19.3. The van der Waals surface area contributed by atoms with Crippen molar-refractivity contribution in [1.82, 2.24) is 0 Å². The van der Waals surface area contributed by atoms with Crippen LogP contribution in [-0.4, -0.2) is 61.8 Å². The average molecular weight is 461 g/mol. The number of aliphatic hydroxyl groups is 2. The van der Waals surface area contributed by atoms with E-state index in [0.717, 1.165) is 25.9 Å². The Bertz CT molecular complexity index is 1000. The summed E-state index contributed by atoms with van der Waals surface area (Å²) in [5.41, 5.74) is 5.08. The summed E-state index contributed by atoms with van der Waals surface area (Å²) in [5, 5.41) is 20.9. The smallest absolute Gasteiger partial charge is 0.119 e. The van der Waals surface area contributed by atoms with Crippen LogP contribution in [0.25, 0.3) is 0 Å². The predicted octanol–water partition coefficient (Wildman–Crippen LogP) is 3.29. The largest absolute Gasteiger partial charge is 0.491 e. The molecule has 0 aromatic heterocycles. The van der Waals surface area contributed by atoms with Crippen LogP contribution >= 0.6 is 0 Å². The molecule has 178 valence electrons. The van der Waals surface area contributed by atoms with Crippen molar-refractivity contribution in [2.24, 2.45) is 0 Å². The van der Waals surface area contributed by atoms with Gasteiger partial charge in [0.2, 0.25) is 0 Å². The van der Waals surface area contributed by atoms with E-state index in [0.29, 0.717) is 24.6 Å². The number of benzene rings is 3. The Kier molecular flexibility index (Phi) is 6.88. The number of fused-ring (bicyclic) bond motifs is 2. The van der Waals surface area contributed by atoms with Gasteiger partial charge in [-0.15, -0.1) is 0 Å². The molecular weight excluding hydrogens is 428 g/mol. The Hall–Kier alpha value is -3.22. The van der Waals surface area contributed by atoms with Crippen LogP contribution in [0.2, 0.25) is 0 Å². The maximum atomic E-state index is 10.5. The minimum absolute atomic E-state index is 0.231. The third kappa shape index (κ3) is 5.29. The third-order valence-electron chi connectivity index (χ3n) is 6.54. The molecule has 0 aliphatic carbocycles. The Morgan fingerprint density at radius 1 is 0.618 bits per heavy atom. The highest BCUT2D eigenvalue weighted by Gasteiger charge is 2.22. The van der Waals surface area contributed by atoms with E-state index in [4.69, 9.17) is 9.47 Å². The minimum atomic E-state index is -0.576. The minimum Gasteiger partial charge on any atom is -0.491 e. The van der Waals surface area contributed by atoms with Gasteiger partial charge in [-0.05, 0) is 60.4 Å². The van der Waals surface area contributed by atoms with Gasteiger partial charge in [-0.3, -0.25) is 0 Å². The molecule has 2 aliphatic rings. The topological polar surface area (TPSA) is 65.4 Å². The Morgan fingerprint density at radius 2 is 1.03 bits per heavy atom. The van der Waals surface area contributed by atoms with Gasteiger partial charge in [0.1, 0.15) is 36.9 Å². The highest BCUT2D eigenvalue weighted by molar-refractivity contribution is 5.58. The molecule has 2 atom stereocenters. The second kappa shape index (κ2) is 10.4. The van der Waals surface area contributed by atoms with Gasteiger partial charge >= 0.3 is 0 Å². The number of hydrogen-bond donors (Lipinski definition) is 2. The van der Waals surface area contributed by atoms with E-state index in [2.05, 4.69) is 46.2 Å². The summed E-state index contributed by atoms with van der Waals surface area (Å²) < 4.78 is 11.6. The molecule has 2 unspecified atom stereocenters. The molecule has 0 amide bonds. The van der Waals surface area contributed by atoms with Crippen LogP contribution in [0.1, 0.15) is 11.1 Å². The van der Waals surface area contributed by atoms with Crippen molar-refractivity contribution in [2.75, 3.05) is 49.2 Å².